The molecule has 1 fully saturated rings. The van der Waals surface area contributed by atoms with Crippen molar-refractivity contribution in [3.8, 4) is 17.2 Å². The highest BCUT2D eigenvalue weighted by Crippen LogP contribution is 2.24. The Labute approximate surface area is 200 Å². The highest BCUT2D eigenvalue weighted by atomic mass is 16.5. The molecule has 7 heteroatoms. The molecule has 1 heterocycles. The second-order valence-electron chi connectivity index (χ2n) is 7.88. The van der Waals surface area contributed by atoms with E-state index in [4.69, 9.17) is 18.9 Å². The third-order valence-corrected chi connectivity index (χ3v) is 5.26. The van der Waals surface area contributed by atoms with Crippen molar-refractivity contribution in [3.05, 3.63) is 78.9 Å². The SMILES string of the molecule is O=C(CNc1cccc(OCC2CCCO2)c1)Nc1ccccc1OCCOc1ccccc1. The van der Waals surface area contributed by atoms with Gasteiger partial charge in [0.15, 0.2) is 0 Å². The van der Waals surface area contributed by atoms with Crippen LogP contribution in [0.1, 0.15) is 12.8 Å². The Bertz CT molecular complexity index is 1040. The van der Waals surface area contributed by atoms with Crippen LogP contribution < -0.4 is 24.8 Å². The molecule has 0 aliphatic carbocycles. The largest absolute Gasteiger partial charge is 0.491 e. The maximum atomic E-state index is 12.5. The number of amides is 1. The van der Waals surface area contributed by atoms with Crippen LogP contribution in [0.5, 0.6) is 17.2 Å². The minimum Gasteiger partial charge on any atom is -0.491 e. The lowest BCUT2D eigenvalue weighted by Gasteiger charge is -2.14. The lowest BCUT2D eigenvalue weighted by atomic mass is 10.2. The van der Waals surface area contributed by atoms with Gasteiger partial charge in [0, 0.05) is 18.4 Å². The van der Waals surface area contributed by atoms with Gasteiger partial charge in [0.2, 0.25) is 5.91 Å². The number of benzene rings is 3. The van der Waals surface area contributed by atoms with E-state index in [9.17, 15) is 4.79 Å². The van der Waals surface area contributed by atoms with Gasteiger partial charge in [-0.2, -0.15) is 0 Å². The van der Waals surface area contributed by atoms with Crippen LogP contribution in [0, 0.1) is 0 Å². The second kappa shape index (κ2) is 12.5. The van der Waals surface area contributed by atoms with Gasteiger partial charge in [0.05, 0.1) is 18.3 Å². The Morgan fingerprint density at radius 3 is 2.53 bits per heavy atom. The van der Waals surface area contributed by atoms with Gasteiger partial charge in [-0.15, -0.1) is 0 Å². The minimum absolute atomic E-state index is 0.112. The Morgan fingerprint density at radius 2 is 1.68 bits per heavy atom. The summed E-state index contributed by atoms with van der Waals surface area (Å²) < 4.78 is 22.9. The molecule has 3 aromatic carbocycles. The standard InChI is InChI=1S/C27H30N2O5/c30-27(19-28-21-8-6-11-23(18-21)34-20-24-12-7-15-31-24)29-25-13-4-5-14-26(25)33-17-16-32-22-9-2-1-3-10-22/h1-6,8-11,13-14,18,24,28H,7,12,15-17,19-20H2,(H,29,30). The first kappa shape index (κ1) is 23.4. The molecule has 1 unspecified atom stereocenters. The maximum absolute atomic E-state index is 12.5. The van der Waals surface area contributed by atoms with E-state index in [1.54, 1.807) is 0 Å². The fourth-order valence-electron chi connectivity index (χ4n) is 3.56. The molecule has 0 saturated carbocycles. The summed E-state index contributed by atoms with van der Waals surface area (Å²) in [6, 6.07) is 24.5. The first-order valence-electron chi connectivity index (χ1n) is 11.5. The molecule has 3 aromatic rings. The number of nitrogens with one attached hydrogen (secondary N) is 2. The number of carbonyl (C=O) groups is 1. The Kier molecular flexibility index (Phi) is 8.63. The molecule has 2 N–H and O–H groups in total. The molecule has 4 rings (SSSR count). The highest BCUT2D eigenvalue weighted by molar-refractivity contribution is 5.95. The zero-order chi connectivity index (χ0) is 23.4. The van der Waals surface area contributed by atoms with E-state index in [0.717, 1.165) is 36.6 Å². The van der Waals surface area contributed by atoms with Crippen molar-refractivity contribution in [2.45, 2.75) is 18.9 Å². The molecule has 1 saturated heterocycles. The number of ether oxygens (including phenoxy) is 4. The monoisotopic (exact) mass is 462 g/mol. The molecule has 34 heavy (non-hydrogen) atoms. The summed E-state index contributed by atoms with van der Waals surface area (Å²) in [5.41, 5.74) is 1.42. The number of carbonyl (C=O) groups excluding carboxylic acids is 1. The molecule has 0 bridgehead atoms. The summed E-state index contributed by atoms with van der Waals surface area (Å²) in [6.07, 6.45) is 2.28. The van der Waals surface area contributed by atoms with Crippen LogP contribution in [0.3, 0.4) is 0 Å². The van der Waals surface area contributed by atoms with Crippen molar-refractivity contribution >= 4 is 17.3 Å². The zero-order valence-electron chi connectivity index (χ0n) is 19.1. The molecule has 1 amide bonds. The van der Waals surface area contributed by atoms with Crippen molar-refractivity contribution in [3.63, 3.8) is 0 Å². The van der Waals surface area contributed by atoms with Crippen LogP contribution >= 0.6 is 0 Å². The third kappa shape index (κ3) is 7.42. The minimum atomic E-state index is -0.178. The van der Waals surface area contributed by atoms with E-state index in [0.29, 0.717) is 31.3 Å². The van der Waals surface area contributed by atoms with Gasteiger partial charge < -0.3 is 29.6 Å². The van der Waals surface area contributed by atoms with E-state index in [1.807, 2.05) is 78.9 Å². The van der Waals surface area contributed by atoms with Gasteiger partial charge in [-0.1, -0.05) is 36.4 Å². The molecule has 0 aromatic heterocycles. The van der Waals surface area contributed by atoms with Gasteiger partial charge in [-0.25, -0.2) is 0 Å². The summed E-state index contributed by atoms with van der Waals surface area (Å²) in [6.45, 7) is 2.22. The molecule has 7 nitrogen and oxygen atoms in total. The highest BCUT2D eigenvalue weighted by Gasteiger charge is 2.16. The first-order chi connectivity index (χ1) is 16.8. The predicted molar refractivity (Wildman–Crippen MR) is 132 cm³/mol. The zero-order valence-corrected chi connectivity index (χ0v) is 19.1. The molecule has 0 spiro atoms. The van der Waals surface area contributed by atoms with Crippen molar-refractivity contribution < 1.29 is 23.7 Å². The van der Waals surface area contributed by atoms with Gasteiger partial charge in [0.1, 0.15) is 37.1 Å². The van der Waals surface area contributed by atoms with Gasteiger partial charge >= 0.3 is 0 Å². The average molecular weight is 463 g/mol. The number of hydrogen-bond donors (Lipinski definition) is 2. The maximum Gasteiger partial charge on any atom is 0.243 e. The van der Waals surface area contributed by atoms with E-state index in [-0.39, 0.29) is 18.6 Å². The average Bonchev–Trinajstić information content (AvgIpc) is 3.40. The molecule has 1 aliphatic heterocycles. The molecule has 0 radical (unpaired) electrons. The van der Waals surface area contributed by atoms with Crippen molar-refractivity contribution in [2.75, 3.05) is 43.6 Å². The summed E-state index contributed by atoms with van der Waals surface area (Å²) in [4.78, 5) is 12.5. The topological polar surface area (TPSA) is 78.1 Å². The lowest BCUT2D eigenvalue weighted by Crippen LogP contribution is -2.22. The van der Waals surface area contributed by atoms with Crippen molar-refractivity contribution in [1.29, 1.82) is 0 Å². The number of para-hydroxylation sites is 3. The first-order valence-corrected chi connectivity index (χ1v) is 11.5. The van der Waals surface area contributed by atoms with Crippen molar-refractivity contribution in [2.24, 2.45) is 0 Å². The van der Waals surface area contributed by atoms with Crippen LogP contribution in [0.25, 0.3) is 0 Å². The normalized spacial score (nSPS) is 14.9. The quantitative estimate of drug-likeness (QED) is 0.378. The lowest BCUT2D eigenvalue weighted by molar-refractivity contribution is -0.114. The van der Waals surface area contributed by atoms with E-state index >= 15 is 0 Å². The fourth-order valence-corrected chi connectivity index (χ4v) is 3.56. The number of hydrogen-bond acceptors (Lipinski definition) is 6. The fraction of sp³-hybridized carbons (Fsp3) is 0.296. The molecule has 1 aliphatic rings. The van der Waals surface area contributed by atoms with Crippen LogP contribution in [0.4, 0.5) is 11.4 Å². The summed E-state index contributed by atoms with van der Waals surface area (Å²) in [5.74, 6) is 1.96. The molecular weight excluding hydrogens is 432 g/mol. The van der Waals surface area contributed by atoms with Gasteiger partial charge in [-0.05, 0) is 49.2 Å². The summed E-state index contributed by atoms with van der Waals surface area (Å²) >= 11 is 0. The van der Waals surface area contributed by atoms with Crippen LogP contribution in [-0.2, 0) is 9.53 Å². The summed E-state index contributed by atoms with van der Waals surface area (Å²) in [7, 11) is 0. The molecule has 1 atom stereocenters. The molecule has 178 valence electrons. The smallest absolute Gasteiger partial charge is 0.243 e. The van der Waals surface area contributed by atoms with E-state index in [1.165, 1.54) is 0 Å². The number of rotatable bonds is 12. The number of anilines is 2. The van der Waals surface area contributed by atoms with Crippen LogP contribution in [0.2, 0.25) is 0 Å². The van der Waals surface area contributed by atoms with Gasteiger partial charge in [0.25, 0.3) is 0 Å². The summed E-state index contributed by atoms with van der Waals surface area (Å²) in [5, 5.41) is 6.04. The molecular formula is C27H30N2O5. The van der Waals surface area contributed by atoms with E-state index in [2.05, 4.69) is 10.6 Å². The van der Waals surface area contributed by atoms with Gasteiger partial charge in [-0.3, -0.25) is 4.79 Å². The van der Waals surface area contributed by atoms with Crippen molar-refractivity contribution in [1.82, 2.24) is 0 Å². The Balaban J connectivity index is 1.22. The van der Waals surface area contributed by atoms with Crippen LogP contribution in [-0.4, -0.2) is 45.0 Å². The Morgan fingerprint density at radius 1 is 0.882 bits per heavy atom. The van der Waals surface area contributed by atoms with Crippen LogP contribution in [0.15, 0.2) is 78.9 Å². The van der Waals surface area contributed by atoms with E-state index < -0.39 is 0 Å². The third-order valence-electron chi connectivity index (χ3n) is 5.26. The predicted octanol–water partition coefficient (Wildman–Crippen LogP) is 4.75. The Hall–Kier alpha value is -3.71. The second-order valence-corrected chi connectivity index (χ2v) is 7.88.